The van der Waals surface area contributed by atoms with Gasteiger partial charge in [-0.1, -0.05) is 0 Å². The van der Waals surface area contributed by atoms with Gasteiger partial charge in [0, 0.05) is 13.1 Å². The minimum Gasteiger partial charge on any atom is -0.370 e. The van der Waals surface area contributed by atoms with E-state index in [0.717, 1.165) is 30.4 Å². The van der Waals surface area contributed by atoms with Gasteiger partial charge in [-0.15, -0.1) is 11.3 Å². The van der Waals surface area contributed by atoms with Gasteiger partial charge in [0.25, 0.3) is 0 Å². The third-order valence-electron chi connectivity index (χ3n) is 2.19. The van der Waals surface area contributed by atoms with Crippen LogP contribution in [-0.4, -0.2) is 24.2 Å². The summed E-state index contributed by atoms with van der Waals surface area (Å²) in [5, 5.41) is 4.31. The molecule has 0 spiro atoms. The quantitative estimate of drug-likeness (QED) is 0.793. The van der Waals surface area contributed by atoms with Crippen molar-refractivity contribution in [3.63, 3.8) is 0 Å². The second-order valence-corrected chi connectivity index (χ2v) is 4.62. The smallest absolute Gasteiger partial charge is 0.0900 e. The average molecular weight is 198 g/mol. The van der Waals surface area contributed by atoms with Gasteiger partial charge in [-0.25, -0.2) is 4.98 Å². The van der Waals surface area contributed by atoms with Gasteiger partial charge in [0.15, 0.2) is 0 Å². The lowest BCUT2D eigenvalue weighted by atomic mass is 10.2. The van der Waals surface area contributed by atoms with Gasteiger partial charge >= 0.3 is 0 Å². The summed E-state index contributed by atoms with van der Waals surface area (Å²) < 4.78 is 5.67. The summed E-state index contributed by atoms with van der Waals surface area (Å²) in [6.45, 7) is 6.80. The topological polar surface area (TPSA) is 34.1 Å². The minimum absolute atomic E-state index is 0.418. The zero-order chi connectivity index (χ0) is 9.26. The fraction of sp³-hybridized carbons (Fsp3) is 0.667. The van der Waals surface area contributed by atoms with E-state index in [-0.39, 0.29) is 0 Å². The number of rotatable bonds is 3. The highest BCUT2D eigenvalue weighted by atomic mass is 32.1. The second kappa shape index (κ2) is 3.74. The summed E-state index contributed by atoms with van der Waals surface area (Å²) in [6.07, 6.45) is 0.418. The maximum absolute atomic E-state index is 5.67. The van der Waals surface area contributed by atoms with E-state index in [9.17, 15) is 0 Å². The molecule has 0 saturated carbocycles. The zero-order valence-corrected chi connectivity index (χ0v) is 8.78. The molecule has 1 aromatic rings. The summed E-state index contributed by atoms with van der Waals surface area (Å²) in [5.41, 5.74) is 1.12. The van der Waals surface area contributed by atoms with Crippen LogP contribution in [0.5, 0.6) is 0 Å². The molecule has 0 aromatic carbocycles. The molecule has 3 nitrogen and oxygen atoms in total. The molecule has 1 aliphatic rings. The molecule has 2 heterocycles. The molecule has 0 bridgehead atoms. The Balaban J connectivity index is 1.89. The van der Waals surface area contributed by atoms with Gasteiger partial charge in [-0.2, -0.15) is 0 Å². The van der Waals surface area contributed by atoms with Gasteiger partial charge < -0.3 is 10.1 Å². The van der Waals surface area contributed by atoms with E-state index >= 15 is 0 Å². The molecule has 4 heteroatoms. The molecule has 1 N–H and O–H groups in total. The SMILES string of the molecule is Cc1nc(C)c(COC2CNC2)s1. The molecule has 0 aliphatic carbocycles. The summed E-state index contributed by atoms with van der Waals surface area (Å²) >= 11 is 1.73. The Morgan fingerprint density at radius 1 is 1.54 bits per heavy atom. The first-order valence-electron chi connectivity index (χ1n) is 4.51. The highest BCUT2D eigenvalue weighted by Crippen LogP contribution is 2.18. The van der Waals surface area contributed by atoms with Crippen molar-refractivity contribution in [2.75, 3.05) is 13.1 Å². The third kappa shape index (κ3) is 2.07. The predicted octanol–water partition coefficient (Wildman–Crippen LogP) is 1.25. The Morgan fingerprint density at radius 2 is 2.31 bits per heavy atom. The van der Waals surface area contributed by atoms with Gasteiger partial charge in [0.1, 0.15) is 0 Å². The molecule has 1 aromatic heterocycles. The molecule has 1 saturated heterocycles. The maximum atomic E-state index is 5.67. The van der Waals surface area contributed by atoms with Crippen LogP contribution in [0.1, 0.15) is 15.6 Å². The number of aromatic nitrogens is 1. The molecular weight excluding hydrogens is 184 g/mol. The summed E-state index contributed by atoms with van der Waals surface area (Å²) in [7, 11) is 0. The molecule has 0 radical (unpaired) electrons. The van der Waals surface area contributed by atoms with Crippen LogP contribution in [0.3, 0.4) is 0 Å². The van der Waals surface area contributed by atoms with Crippen LogP contribution >= 0.6 is 11.3 Å². The largest absolute Gasteiger partial charge is 0.370 e. The van der Waals surface area contributed by atoms with Gasteiger partial charge in [0.05, 0.1) is 28.3 Å². The van der Waals surface area contributed by atoms with Crippen LogP contribution in [0.15, 0.2) is 0 Å². The fourth-order valence-electron chi connectivity index (χ4n) is 1.28. The summed E-state index contributed by atoms with van der Waals surface area (Å²) in [6, 6.07) is 0. The van der Waals surface area contributed by atoms with Crippen LogP contribution in [0.4, 0.5) is 0 Å². The van der Waals surface area contributed by atoms with Gasteiger partial charge in [-0.3, -0.25) is 0 Å². The lowest BCUT2D eigenvalue weighted by Crippen LogP contribution is -2.48. The highest BCUT2D eigenvalue weighted by molar-refractivity contribution is 7.11. The number of aryl methyl sites for hydroxylation is 2. The molecular formula is C9H14N2OS. The van der Waals surface area contributed by atoms with E-state index in [1.165, 1.54) is 4.88 Å². The number of hydrogen-bond donors (Lipinski definition) is 1. The van der Waals surface area contributed by atoms with Crippen molar-refractivity contribution in [3.8, 4) is 0 Å². The Kier molecular flexibility index (Phi) is 2.62. The van der Waals surface area contributed by atoms with E-state index in [1.54, 1.807) is 11.3 Å². The summed E-state index contributed by atoms with van der Waals surface area (Å²) in [5.74, 6) is 0. The average Bonchev–Trinajstić information content (AvgIpc) is 2.27. The zero-order valence-electron chi connectivity index (χ0n) is 7.96. The number of hydrogen-bond acceptors (Lipinski definition) is 4. The van der Waals surface area contributed by atoms with Crippen LogP contribution in [0, 0.1) is 13.8 Å². The summed E-state index contributed by atoms with van der Waals surface area (Å²) in [4.78, 5) is 5.62. The van der Waals surface area contributed by atoms with Crippen molar-refractivity contribution in [2.24, 2.45) is 0 Å². The number of ether oxygens (including phenoxy) is 1. The monoisotopic (exact) mass is 198 g/mol. The van der Waals surface area contributed by atoms with Gasteiger partial charge in [0.2, 0.25) is 0 Å². The molecule has 72 valence electrons. The van der Waals surface area contributed by atoms with Crippen molar-refractivity contribution in [3.05, 3.63) is 15.6 Å². The van der Waals surface area contributed by atoms with E-state index in [0.29, 0.717) is 6.10 Å². The maximum Gasteiger partial charge on any atom is 0.0900 e. The highest BCUT2D eigenvalue weighted by Gasteiger charge is 2.17. The minimum atomic E-state index is 0.418. The van der Waals surface area contributed by atoms with Crippen LogP contribution in [0.2, 0.25) is 0 Å². The van der Waals surface area contributed by atoms with E-state index in [4.69, 9.17) is 4.74 Å². The van der Waals surface area contributed by atoms with Crippen LogP contribution in [0.25, 0.3) is 0 Å². The molecule has 1 aliphatic heterocycles. The molecule has 0 unspecified atom stereocenters. The second-order valence-electron chi connectivity index (χ2n) is 3.33. The van der Waals surface area contributed by atoms with Crippen molar-refractivity contribution < 1.29 is 4.74 Å². The molecule has 13 heavy (non-hydrogen) atoms. The molecule has 0 amide bonds. The number of thiazole rings is 1. The van der Waals surface area contributed by atoms with E-state index in [2.05, 4.69) is 10.3 Å². The molecule has 1 fully saturated rings. The van der Waals surface area contributed by atoms with Crippen molar-refractivity contribution in [1.82, 2.24) is 10.3 Å². The fourth-order valence-corrected chi connectivity index (χ4v) is 2.14. The lowest BCUT2D eigenvalue weighted by molar-refractivity contribution is 0.00861. The van der Waals surface area contributed by atoms with Crippen molar-refractivity contribution in [2.45, 2.75) is 26.6 Å². The number of nitrogens with zero attached hydrogens (tertiary/aromatic N) is 1. The van der Waals surface area contributed by atoms with Crippen molar-refractivity contribution >= 4 is 11.3 Å². The predicted molar refractivity (Wildman–Crippen MR) is 53.0 cm³/mol. The molecule has 2 rings (SSSR count). The Morgan fingerprint density at radius 3 is 2.77 bits per heavy atom. The van der Waals surface area contributed by atoms with Crippen LogP contribution in [-0.2, 0) is 11.3 Å². The first-order chi connectivity index (χ1) is 6.25. The lowest BCUT2D eigenvalue weighted by Gasteiger charge is -2.26. The van der Waals surface area contributed by atoms with Crippen LogP contribution < -0.4 is 5.32 Å². The molecule has 0 atom stereocenters. The third-order valence-corrected chi connectivity index (χ3v) is 3.24. The first kappa shape index (κ1) is 9.12. The van der Waals surface area contributed by atoms with E-state index < -0.39 is 0 Å². The van der Waals surface area contributed by atoms with Crippen molar-refractivity contribution in [1.29, 1.82) is 0 Å². The Bertz CT molecular complexity index is 294. The standard InChI is InChI=1S/C9H14N2OS/c1-6-9(13-7(2)11-6)5-12-8-3-10-4-8/h8,10H,3-5H2,1-2H3. The Labute approximate surface area is 82.1 Å². The number of nitrogens with one attached hydrogen (secondary N) is 1. The Hall–Kier alpha value is -0.450. The van der Waals surface area contributed by atoms with Gasteiger partial charge in [-0.05, 0) is 13.8 Å². The first-order valence-corrected chi connectivity index (χ1v) is 5.32. The normalized spacial score (nSPS) is 17.4. The van der Waals surface area contributed by atoms with E-state index in [1.807, 2.05) is 13.8 Å².